The van der Waals surface area contributed by atoms with Crippen LogP contribution in [-0.2, 0) is 7.05 Å². The number of aliphatic hydroxyl groups excluding tert-OH is 1. The molecule has 0 aromatic carbocycles. The van der Waals surface area contributed by atoms with Gasteiger partial charge in [0.15, 0.2) is 5.16 Å². The van der Waals surface area contributed by atoms with E-state index in [0.717, 1.165) is 6.54 Å². The number of hydrogen-bond donors (Lipinski definition) is 3. The summed E-state index contributed by atoms with van der Waals surface area (Å²) < 4.78 is 1.37. The zero-order chi connectivity index (χ0) is 12.8. The molecule has 8 heteroatoms. The van der Waals surface area contributed by atoms with E-state index in [9.17, 15) is 14.7 Å². The molecule has 1 heterocycles. The summed E-state index contributed by atoms with van der Waals surface area (Å²) in [5.41, 5.74) is -1.56. The van der Waals surface area contributed by atoms with Crippen LogP contribution in [0.4, 0.5) is 0 Å². The number of aromatic nitrogens is 3. The van der Waals surface area contributed by atoms with Crippen LogP contribution in [0.3, 0.4) is 0 Å². The summed E-state index contributed by atoms with van der Waals surface area (Å²) in [6, 6.07) is 0. The van der Waals surface area contributed by atoms with Gasteiger partial charge >= 0.3 is 11.1 Å². The highest BCUT2D eigenvalue weighted by molar-refractivity contribution is 7.99. The Morgan fingerprint density at radius 3 is 2.94 bits per heavy atom. The predicted octanol–water partition coefficient (Wildman–Crippen LogP) is -1.47. The summed E-state index contributed by atoms with van der Waals surface area (Å²) in [6.45, 7) is 3.23. The lowest BCUT2D eigenvalue weighted by molar-refractivity contribution is 0.196. The minimum absolute atomic E-state index is 0.380. The third-order valence-electron chi connectivity index (χ3n) is 1.98. The molecule has 0 spiro atoms. The highest BCUT2D eigenvalue weighted by Gasteiger charge is 2.08. The highest BCUT2D eigenvalue weighted by Crippen LogP contribution is 2.12. The number of H-pyrrole nitrogens is 1. The summed E-state index contributed by atoms with van der Waals surface area (Å²) in [7, 11) is 1.59. The Morgan fingerprint density at radius 2 is 2.29 bits per heavy atom. The van der Waals surface area contributed by atoms with Crippen molar-refractivity contribution in [3.8, 4) is 0 Å². The van der Waals surface area contributed by atoms with Crippen molar-refractivity contribution in [2.24, 2.45) is 7.05 Å². The lowest BCUT2D eigenvalue weighted by Gasteiger charge is -2.11. The molecule has 0 amide bonds. The van der Waals surface area contributed by atoms with Gasteiger partial charge in [-0.15, -0.1) is 0 Å². The van der Waals surface area contributed by atoms with Crippen LogP contribution in [0.1, 0.15) is 6.92 Å². The molecule has 3 N–H and O–H groups in total. The first kappa shape index (κ1) is 13.9. The third-order valence-corrected chi connectivity index (χ3v) is 3.16. The summed E-state index contributed by atoms with van der Waals surface area (Å²) in [5, 5.41) is 15.3. The molecule has 1 aromatic rings. The van der Waals surface area contributed by atoms with Gasteiger partial charge in [0, 0.05) is 19.3 Å². The number of rotatable bonds is 6. The second kappa shape index (κ2) is 6.58. The predicted molar refractivity (Wildman–Crippen MR) is 65.4 cm³/mol. The first-order valence-corrected chi connectivity index (χ1v) is 6.22. The van der Waals surface area contributed by atoms with E-state index in [2.05, 4.69) is 15.4 Å². The summed E-state index contributed by atoms with van der Waals surface area (Å²) in [6.07, 6.45) is -0.524. The average Bonchev–Trinajstić information content (AvgIpc) is 2.29. The Morgan fingerprint density at radius 1 is 1.59 bits per heavy atom. The number of aryl methyl sites for hydroxylation is 1. The molecule has 0 aliphatic carbocycles. The van der Waals surface area contributed by atoms with E-state index in [1.165, 1.54) is 16.4 Å². The second-order valence-electron chi connectivity index (χ2n) is 3.47. The molecule has 17 heavy (non-hydrogen) atoms. The number of aliphatic hydroxyl groups is 1. The van der Waals surface area contributed by atoms with Crippen LogP contribution in [0.2, 0.25) is 0 Å². The van der Waals surface area contributed by atoms with Gasteiger partial charge in [0.25, 0.3) is 0 Å². The van der Waals surface area contributed by atoms with Crippen LogP contribution in [0.5, 0.6) is 0 Å². The number of nitrogens with zero attached hydrogens (tertiary/aromatic N) is 2. The van der Waals surface area contributed by atoms with Crippen LogP contribution in [0, 0.1) is 0 Å². The van der Waals surface area contributed by atoms with Gasteiger partial charge in [0.2, 0.25) is 0 Å². The molecule has 0 aliphatic rings. The highest BCUT2D eigenvalue weighted by atomic mass is 32.2. The van der Waals surface area contributed by atoms with Crippen molar-refractivity contribution in [1.82, 2.24) is 20.1 Å². The molecule has 1 unspecified atom stereocenters. The normalized spacial score (nSPS) is 12.6. The Bertz CT molecular complexity index is 470. The van der Waals surface area contributed by atoms with Gasteiger partial charge in [-0.25, -0.2) is 0 Å². The molecule has 96 valence electrons. The number of thioether (sulfide) groups is 1. The first-order chi connectivity index (χ1) is 8.04. The van der Waals surface area contributed by atoms with Crippen molar-refractivity contribution in [2.45, 2.75) is 18.2 Å². The maximum atomic E-state index is 11.1. The zero-order valence-electron chi connectivity index (χ0n) is 9.77. The zero-order valence-corrected chi connectivity index (χ0v) is 10.6. The largest absolute Gasteiger partial charge is 0.391 e. The summed E-state index contributed by atoms with van der Waals surface area (Å²) >= 11 is 1.22. The van der Waals surface area contributed by atoms with Gasteiger partial charge in [-0.3, -0.25) is 19.4 Å². The molecular formula is C9H16N4O3S. The van der Waals surface area contributed by atoms with Crippen molar-refractivity contribution in [3.63, 3.8) is 0 Å². The van der Waals surface area contributed by atoms with Crippen molar-refractivity contribution >= 4 is 11.8 Å². The monoisotopic (exact) mass is 260 g/mol. The van der Waals surface area contributed by atoms with Gasteiger partial charge in [0.1, 0.15) is 0 Å². The lowest BCUT2D eigenvalue weighted by atomic mass is 10.4. The lowest BCUT2D eigenvalue weighted by Crippen LogP contribution is -2.34. The molecule has 1 aromatic heterocycles. The van der Waals surface area contributed by atoms with Crippen molar-refractivity contribution in [3.05, 3.63) is 20.7 Å². The first-order valence-electron chi connectivity index (χ1n) is 5.23. The van der Waals surface area contributed by atoms with Crippen LogP contribution in [-0.4, -0.2) is 44.8 Å². The topological polar surface area (TPSA) is 100 Å². The van der Waals surface area contributed by atoms with Crippen LogP contribution >= 0.6 is 11.8 Å². The molecule has 0 fully saturated rings. The smallest absolute Gasteiger partial charge is 0.339 e. The van der Waals surface area contributed by atoms with Gasteiger partial charge in [0.05, 0.1) is 6.10 Å². The van der Waals surface area contributed by atoms with Crippen molar-refractivity contribution in [2.75, 3.05) is 18.8 Å². The van der Waals surface area contributed by atoms with Crippen LogP contribution < -0.4 is 16.4 Å². The average molecular weight is 260 g/mol. The molecule has 1 rings (SSSR count). The molecule has 7 nitrogen and oxygen atoms in total. The van der Waals surface area contributed by atoms with Gasteiger partial charge in [-0.2, -0.15) is 4.98 Å². The van der Waals surface area contributed by atoms with E-state index >= 15 is 0 Å². The maximum absolute atomic E-state index is 11.1. The van der Waals surface area contributed by atoms with Gasteiger partial charge in [-0.1, -0.05) is 18.7 Å². The Labute approximate surface area is 102 Å². The van der Waals surface area contributed by atoms with E-state index in [0.29, 0.717) is 17.5 Å². The molecule has 1 atom stereocenters. The van der Waals surface area contributed by atoms with E-state index in [1.54, 1.807) is 7.05 Å². The molecule has 0 bridgehead atoms. The molecule has 0 aliphatic heterocycles. The van der Waals surface area contributed by atoms with E-state index in [-0.39, 0.29) is 0 Å². The quantitative estimate of drug-likeness (QED) is 0.426. The van der Waals surface area contributed by atoms with Gasteiger partial charge in [-0.05, 0) is 6.54 Å². The minimum atomic E-state index is -0.813. The number of nitrogens with one attached hydrogen (secondary N) is 2. The number of hydrogen-bond acceptors (Lipinski definition) is 6. The molecule has 0 radical (unpaired) electrons. The Kier molecular flexibility index (Phi) is 5.39. The van der Waals surface area contributed by atoms with Crippen molar-refractivity contribution < 1.29 is 5.11 Å². The molecule has 0 saturated carbocycles. The number of aromatic amines is 1. The maximum Gasteiger partial charge on any atom is 0.339 e. The fourth-order valence-corrected chi connectivity index (χ4v) is 1.98. The SMILES string of the molecule is CCNCC(O)CSc1nc(=O)c(=O)[nH]n1C. The molecular weight excluding hydrogens is 244 g/mol. The standard InChI is InChI=1S/C9H16N4O3S/c1-3-10-4-6(14)5-17-9-11-7(15)8(16)12-13(9)2/h6,10,14H,3-5H2,1-2H3,(H,12,16). The Balaban J connectivity index is 2.60. The summed E-state index contributed by atoms with van der Waals surface area (Å²) in [4.78, 5) is 25.6. The van der Waals surface area contributed by atoms with Crippen LogP contribution in [0.25, 0.3) is 0 Å². The fourth-order valence-electron chi connectivity index (χ4n) is 1.13. The van der Waals surface area contributed by atoms with Crippen molar-refractivity contribution in [1.29, 1.82) is 0 Å². The van der Waals surface area contributed by atoms with E-state index in [4.69, 9.17) is 0 Å². The van der Waals surface area contributed by atoms with Gasteiger partial charge < -0.3 is 10.4 Å². The van der Waals surface area contributed by atoms with Crippen LogP contribution in [0.15, 0.2) is 14.7 Å². The fraction of sp³-hybridized carbons (Fsp3) is 0.667. The minimum Gasteiger partial charge on any atom is -0.391 e. The second-order valence-corrected chi connectivity index (χ2v) is 4.46. The third kappa shape index (κ3) is 4.33. The summed E-state index contributed by atoms with van der Waals surface area (Å²) in [5.74, 6) is 0.402. The Hall–Kier alpha value is -1.12. The number of likely N-dealkylation sites (N-methyl/N-ethyl adjacent to an activating group) is 1. The molecule has 0 saturated heterocycles. The van der Waals surface area contributed by atoms with E-state index in [1.807, 2.05) is 6.92 Å². The van der Waals surface area contributed by atoms with E-state index < -0.39 is 17.2 Å².